The number of nitrogens with one attached hydrogen (secondary N) is 3. The molecule has 0 bridgehead atoms. The summed E-state index contributed by atoms with van der Waals surface area (Å²) < 4.78 is 0. The molecule has 116 valence electrons. The second kappa shape index (κ2) is 6.31. The smallest absolute Gasteiger partial charge is 0.268 e. The van der Waals surface area contributed by atoms with Gasteiger partial charge in [-0.2, -0.15) is 0 Å². The molecule has 3 N–H and O–H groups in total. The Morgan fingerprint density at radius 3 is 3.09 bits per heavy atom. The molecule has 1 unspecified atom stereocenters. The van der Waals surface area contributed by atoms with Crippen LogP contribution in [0.4, 0.5) is 0 Å². The number of aryl methyl sites for hydroxylation is 1. The average molecular weight is 318 g/mol. The number of rotatable bonds is 3. The highest BCUT2D eigenvalue weighted by Gasteiger charge is 2.23. The molecule has 1 fully saturated rings. The second-order valence-corrected chi connectivity index (χ2v) is 6.43. The van der Waals surface area contributed by atoms with Crippen LogP contribution in [0.1, 0.15) is 34.8 Å². The van der Waals surface area contributed by atoms with Crippen LogP contribution in [0.3, 0.4) is 0 Å². The molecule has 0 aromatic carbocycles. The van der Waals surface area contributed by atoms with Crippen molar-refractivity contribution in [2.75, 3.05) is 6.54 Å². The minimum Gasteiger partial charge on any atom is -0.357 e. The number of aromatic amines is 1. The Hall–Kier alpha value is -2.15. The van der Waals surface area contributed by atoms with E-state index in [1.54, 1.807) is 23.6 Å². The molecule has 0 spiro atoms. The number of carbonyl (C=O) groups excluding carboxylic acids is 2. The van der Waals surface area contributed by atoms with Gasteiger partial charge in [0.25, 0.3) is 5.91 Å². The van der Waals surface area contributed by atoms with Crippen molar-refractivity contribution in [2.24, 2.45) is 0 Å². The molecular weight excluding hydrogens is 300 g/mol. The van der Waals surface area contributed by atoms with Crippen molar-refractivity contribution < 1.29 is 9.59 Å². The summed E-state index contributed by atoms with van der Waals surface area (Å²) in [5.74, 6) is -0.368. The Bertz CT molecular complexity index is 691. The van der Waals surface area contributed by atoms with Gasteiger partial charge in [-0.25, -0.2) is 4.98 Å². The van der Waals surface area contributed by atoms with Gasteiger partial charge in [-0.3, -0.25) is 9.59 Å². The Balaban J connectivity index is 1.70. The summed E-state index contributed by atoms with van der Waals surface area (Å²) in [6.45, 7) is 2.63. The molecule has 2 aromatic heterocycles. The van der Waals surface area contributed by atoms with Crippen molar-refractivity contribution in [1.29, 1.82) is 0 Å². The molecule has 0 radical (unpaired) electrons. The Labute approximate surface area is 132 Å². The first-order valence-electron chi connectivity index (χ1n) is 7.33. The van der Waals surface area contributed by atoms with Gasteiger partial charge in [0.1, 0.15) is 11.7 Å². The fourth-order valence-corrected chi connectivity index (χ4v) is 3.10. The quantitative estimate of drug-likeness (QED) is 0.807. The first kappa shape index (κ1) is 14.8. The highest BCUT2D eigenvalue weighted by atomic mass is 32.1. The third-order valence-electron chi connectivity index (χ3n) is 3.68. The Kier molecular flexibility index (Phi) is 4.24. The summed E-state index contributed by atoms with van der Waals surface area (Å²) in [5, 5.41) is 8.55. The van der Waals surface area contributed by atoms with Crippen molar-refractivity contribution in [2.45, 2.75) is 32.2 Å². The van der Waals surface area contributed by atoms with E-state index < -0.39 is 6.04 Å². The highest BCUT2D eigenvalue weighted by molar-refractivity contribution is 7.09. The number of H-pyrrole nitrogens is 1. The van der Waals surface area contributed by atoms with Crippen LogP contribution < -0.4 is 10.6 Å². The van der Waals surface area contributed by atoms with Gasteiger partial charge in [0, 0.05) is 23.7 Å². The molecule has 0 saturated carbocycles. The van der Waals surface area contributed by atoms with E-state index in [-0.39, 0.29) is 11.8 Å². The largest absolute Gasteiger partial charge is 0.357 e. The zero-order valence-corrected chi connectivity index (χ0v) is 13.1. The van der Waals surface area contributed by atoms with Crippen molar-refractivity contribution in [3.05, 3.63) is 28.3 Å². The number of carbonyl (C=O) groups is 2. The average Bonchev–Trinajstić information content (AvgIpc) is 3.09. The van der Waals surface area contributed by atoms with Gasteiger partial charge in [0.05, 0.1) is 10.7 Å². The Morgan fingerprint density at radius 2 is 2.32 bits per heavy atom. The summed E-state index contributed by atoms with van der Waals surface area (Å²) in [4.78, 5) is 31.5. The minimum atomic E-state index is -0.455. The molecule has 0 aliphatic carbocycles. The molecule has 1 saturated heterocycles. The van der Waals surface area contributed by atoms with Gasteiger partial charge < -0.3 is 15.6 Å². The number of hydrogen-bond donors (Lipinski definition) is 3. The van der Waals surface area contributed by atoms with E-state index in [9.17, 15) is 9.59 Å². The lowest BCUT2D eigenvalue weighted by Gasteiger charge is -2.14. The zero-order chi connectivity index (χ0) is 15.5. The first-order chi connectivity index (χ1) is 10.6. The lowest BCUT2D eigenvalue weighted by atomic mass is 10.1. The van der Waals surface area contributed by atoms with E-state index in [0.29, 0.717) is 18.7 Å². The summed E-state index contributed by atoms with van der Waals surface area (Å²) in [7, 11) is 0. The number of hydrogen-bond acceptors (Lipinski definition) is 4. The van der Waals surface area contributed by atoms with Gasteiger partial charge in [-0.05, 0) is 32.3 Å². The third-order valence-corrected chi connectivity index (χ3v) is 4.46. The summed E-state index contributed by atoms with van der Waals surface area (Å²) in [6.07, 6.45) is 4.32. The zero-order valence-electron chi connectivity index (χ0n) is 12.3. The van der Waals surface area contributed by atoms with Crippen molar-refractivity contribution in [1.82, 2.24) is 20.6 Å². The molecule has 1 aliphatic rings. The first-order valence-corrected chi connectivity index (χ1v) is 8.21. The van der Waals surface area contributed by atoms with Crippen molar-refractivity contribution in [3.63, 3.8) is 0 Å². The summed E-state index contributed by atoms with van der Waals surface area (Å²) in [5.41, 5.74) is 2.17. The molecule has 2 aromatic rings. The lowest BCUT2D eigenvalue weighted by Crippen LogP contribution is -2.45. The monoisotopic (exact) mass is 318 g/mol. The molecule has 1 aliphatic heterocycles. The maximum atomic E-state index is 12.3. The van der Waals surface area contributed by atoms with E-state index >= 15 is 0 Å². The second-order valence-electron chi connectivity index (χ2n) is 5.37. The van der Waals surface area contributed by atoms with Crippen LogP contribution in [0, 0.1) is 6.92 Å². The molecule has 1 atom stereocenters. The number of amides is 2. The van der Waals surface area contributed by atoms with Crippen LogP contribution in [-0.4, -0.2) is 34.4 Å². The topological polar surface area (TPSA) is 86.9 Å². The fraction of sp³-hybridized carbons (Fsp3) is 0.400. The molecule has 3 rings (SSSR count). The molecule has 3 heterocycles. The third kappa shape index (κ3) is 3.19. The van der Waals surface area contributed by atoms with Gasteiger partial charge in [-0.15, -0.1) is 11.3 Å². The predicted octanol–water partition coefficient (Wildman–Crippen LogP) is 1.85. The molecule has 2 amide bonds. The normalized spacial score (nSPS) is 18.6. The van der Waals surface area contributed by atoms with Crippen LogP contribution in [-0.2, 0) is 4.79 Å². The van der Waals surface area contributed by atoms with E-state index in [1.807, 2.05) is 12.3 Å². The Morgan fingerprint density at radius 1 is 1.45 bits per heavy atom. The predicted molar refractivity (Wildman–Crippen MR) is 84.8 cm³/mol. The van der Waals surface area contributed by atoms with E-state index in [2.05, 4.69) is 20.6 Å². The van der Waals surface area contributed by atoms with Gasteiger partial charge in [-0.1, -0.05) is 0 Å². The molecular formula is C15H18N4O2S. The van der Waals surface area contributed by atoms with E-state index in [1.165, 1.54) is 0 Å². The molecule has 7 heteroatoms. The van der Waals surface area contributed by atoms with Crippen LogP contribution >= 0.6 is 11.3 Å². The van der Waals surface area contributed by atoms with E-state index in [0.717, 1.165) is 29.1 Å². The molecule has 22 heavy (non-hydrogen) atoms. The maximum Gasteiger partial charge on any atom is 0.268 e. The van der Waals surface area contributed by atoms with Gasteiger partial charge >= 0.3 is 0 Å². The maximum absolute atomic E-state index is 12.3. The van der Waals surface area contributed by atoms with Crippen LogP contribution in [0.2, 0.25) is 0 Å². The highest BCUT2D eigenvalue weighted by Crippen LogP contribution is 2.22. The number of nitrogens with zero attached hydrogens (tertiary/aromatic N) is 1. The van der Waals surface area contributed by atoms with Crippen LogP contribution in [0.5, 0.6) is 0 Å². The van der Waals surface area contributed by atoms with E-state index in [4.69, 9.17) is 0 Å². The number of thiazole rings is 1. The molecule has 6 nitrogen and oxygen atoms in total. The summed E-state index contributed by atoms with van der Waals surface area (Å²) >= 11 is 1.57. The fourth-order valence-electron chi connectivity index (χ4n) is 2.48. The van der Waals surface area contributed by atoms with Crippen molar-refractivity contribution in [3.8, 4) is 11.3 Å². The van der Waals surface area contributed by atoms with Crippen LogP contribution in [0.25, 0.3) is 11.3 Å². The van der Waals surface area contributed by atoms with Crippen molar-refractivity contribution >= 4 is 23.2 Å². The number of aromatic nitrogens is 2. The van der Waals surface area contributed by atoms with Gasteiger partial charge in [0.2, 0.25) is 5.91 Å². The van der Waals surface area contributed by atoms with Crippen LogP contribution in [0.15, 0.2) is 17.6 Å². The minimum absolute atomic E-state index is 0.104. The standard InChI is InChI=1S/C15H18N4O2S/c1-9-18-13(8-22-9)10-6-12(17-7-10)15(21)19-11-4-2-3-5-16-14(11)20/h6-8,11,17H,2-5H2,1H3,(H,16,20)(H,19,21). The van der Waals surface area contributed by atoms with Gasteiger partial charge in [0.15, 0.2) is 0 Å². The lowest BCUT2D eigenvalue weighted by molar-refractivity contribution is -0.122. The SMILES string of the molecule is Cc1nc(-c2c[nH]c(C(=O)NC3CCCCNC3=O)c2)cs1. The summed E-state index contributed by atoms with van der Waals surface area (Å²) in [6, 6.07) is 1.31.